The summed E-state index contributed by atoms with van der Waals surface area (Å²) in [6.45, 7) is 4.06. The Balaban J connectivity index is 1.60. The minimum absolute atomic E-state index is 0.000386. The molecule has 0 bridgehead atoms. The molecule has 2 N–H and O–H groups in total. The fourth-order valence-corrected chi connectivity index (χ4v) is 8.67. The van der Waals surface area contributed by atoms with Crippen LogP contribution in [0.2, 0.25) is 0 Å². The molecule has 4 aliphatic rings. The van der Waals surface area contributed by atoms with Crippen LogP contribution in [-0.2, 0) is 29.9 Å². The Labute approximate surface area is 191 Å². The lowest BCUT2D eigenvalue weighted by Gasteiger charge is -2.60. The first kappa shape index (κ1) is 23.8. The van der Waals surface area contributed by atoms with Crippen LogP contribution in [0.1, 0.15) is 58.8 Å². The number of ether oxygens (including phenoxy) is 1. The van der Waals surface area contributed by atoms with Crippen LogP contribution in [0.4, 0.5) is 0 Å². The van der Waals surface area contributed by atoms with E-state index in [1.165, 1.54) is 7.11 Å². The summed E-state index contributed by atoms with van der Waals surface area (Å²) < 4.78 is 16.8. The highest BCUT2D eigenvalue weighted by molar-refractivity contribution is 7.86. The second-order valence-electron chi connectivity index (χ2n) is 10.7. The third-order valence-corrected chi connectivity index (χ3v) is 10.5. The molecule has 0 heterocycles. The van der Waals surface area contributed by atoms with E-state index in [9.17, 15) is 28.8 Å². The Morgan fingerprint density at radius 2 is 1.91 bits per heavy atom. The topological polar surface area (TPSA) is 118 Å². The highest BCUT2D eigenvalue weighted by Crippen LogP contribution is 2.67. The predicted molar refractivity (Wildman–Crippen MR) is 118 cm³/mol. The van der Waals surface area contributed by atoms with Gasteiger partial charge in [-0.05, 0) is 67.8 Å². The molecule has 0 radical (unpaired) electrons. The van der Waals surface area contributed by atoms with Crippen molar-refractivity contribution >= 4 is 28.3 Å². The lowest BCUT2D eigenvalue weighted by molar-refractivity contribution is -0.178. The first-order chi connectivity index (χ1) is 15.0. The number of aliphatic hydroxyl groups excluding tert-OH is 1. The van der Waals surface area contributed by atoms with E-state index in [0.717, 1.165) is 24.8 Å². The zero-order valence-corrected chi connectivity index (χ0v) is 19.9. The number of fused-ring (bicyclic) bond motifs is 5. The third-order valence-electron chi connectivity index (χ3n) is 9.31. The van der Waals surface area contributed by atoms with Gasteiger partial charge in [-0.1, -0.05) is 19.4 Å². The van der Waals surface area contributed by atoms with Crippen molar-refractivity contribution in [1.29, 1.82) is 0 Å². The third kappa shape index (κ3) is 3.44. The van der Waals surface area contributed by atoms with E-state index in [-0.39, 0.29) is 41.1 Å². The smallest absolute Gasteiger partial charge is 0.318 e. The zero-order chi connectivity index (χ0) is 23.5. The van der Waals surface area contributed by atoms with Crippen molar-refractivity contribution in [2.75, 3.05) is 18.6 Å². The maximum atomic E-state index is 13.2. The molecule has 8 heteroatoms. The lowest BCUT2D eigenvalue weighted by atomic mass is 9.45. The molecule has 3 saturated carbocycles. The normalized spacial score (nSPS) is 44.0. The van der Waals surface area contributed by atoms with Crippen LogP contribution in [0.15, 0.2) is 11.6 Å². The molecule has 0 aromatic carbocycles. The summed E-state index contributed by atoms with van der Waals surface area (Å²) in [5.41, 5.74) is -1.58. The van der Waals surface area contributed by atoms with Crippen LogP contribution in [0.25, 0.3) is 0 Å². The standard InChI is InChI=1S/C24H34O7S/c1-22-8-6-15(25)10-14(22)4-5-16-17-7-9-24(29,23(17,2)11-18(26)21(16)22)19(27)12-32(30)13-20(28)31-3/h10,16-18,21,26,29H,4-9,11-13H2,1-3H3/t16?,17?,18-,21?,22-,23-,24-,32?/m0/s1. The molecule has 4 unspecified atom stereocenters. The average Bonchev–Trinajstić information content (AvgIpc) is 2.99. The summed E-state index contributed by atoms with van der Waals surface area (Å²) in [7, 11) is -0.552. The van der Waals surface area contributed by atoms with Crippen LogP contribution in [0, 0.1) is 28.6 Å². The van der Waals surface area contributed by atoms with Gasteiger partial charge in [0.1, 0.15) is 11.4 Å². The number of Topliss-reactive ketones (excluding diaryl/α,β-unsaturated/α-hetero) is 1. The van der Waals surface area contributed by atoms with Gasteiger partial charge in [-0.2, -0.15) is 0 Å². The van der Waals surface area contributed by atoms with E-state index in [4.69, 9.17) is 0 Å². The van der Waals surface area contributed by atoms with Gasteiger partial charge in [0, 0.05) is 22.6 Å². The van der Waals surface area contributed by atoms with Crippen molar-refractivity contribution in [1.82, 2.24) is 0 Å². The Morgan fingerprint density at radius 1 is 1.19 bits per heavy atom. The fourth-order valence-electron chi connectivity index (χ4n) is 7.66. The molecule has 0 aromatic rings. The second-order valence-corrected chi connectivity index (χ2v) is 12.2. The summed E-state index contributed by atoms with van der Waals surface area (Å²) in [6.07, 6.45) is 5.18. The average molecular weight is 467 g/mol. The number of ketones is 2. The number of allylic oxidation sites excluding steroid dienone is 1. The monoisotopic (exact) mass is 466 g/mol. The number of aliphatic hydroxyl groups is 2. The van der Waals surface area contributed by atoms with E-state index in [2.05, 4.69) is 11.7 Å². The van der Waals surface area contributed by atoms with Crippen molar-refractivity contribution in [2.24, 2.45) is 28.6 Å². The molecule has 8 atom stereocenters. The van der Waals surface area contributed by atoms with Gasteiger partial charge in [-0.3, -0.25) is 18.6 Å². The SMILES string of the molecule is COC(=O)CS(=O)CC(=O)[C@@]1(O)CCC2C3CCC4=CC(=O)CC[C@]4(C)C3[C@@H](O)C[C@@]21C. The van der Waals surface area contributed by atoms with Crippen molar-refractivity contribution in [2.45, 2.75) is 70.5 Å². The maximum absolute atomic E-state index is 13.2. The van der Waals surface area contributed by atoms with Crippen LogP contribution in [0.5, 0.6) is 0 Å². The Kier molecular flexibility index (Phi) is 6.04. The van der Waals surface area contributed by atoms with Gasteiger partial charge in [-0.15, -0.1) is 0 Å². The fraction of sp³-hybridized carbons (Fsp3) is 0.792. The van der Waals surface area contributed by atoms with Gasteiger partial charge in [0.15, 0.2) is 11.6 Å². The molecule has 0 aromatic heterocycles. The number of esters is 1. The quantitative estimate of drug-likeness (QED) is 0.592. The van der Waals surface area contributed by atoms with Crippen molar-refractivity contribution in [3.05, 3.63) is 11.6 Å². The molecule has 4 aliphatic carbocycles. The maximum Gasteiger partial charge on any atom is 0.318 e. The van der Waals surface area contributed by atoms with Gasteiger partial charge in [0.25, 0.3) is 0 Å². The Hall–Kier alpha value is -1.38. The van der Waals surface area contributed by atoms with Crippen LogP contribution >= 0.6 is 0 Å². The van der Waals surface area contributed by atoms with E-state index < -0.39 is 45.4 Å². The minimum atomic E-state index is -1.75. The molecule has 0 saturated heterocycles. The number of hydrogen-bond acceptors (Lipinski definition) is 7. The summed E-state index contributed by atoms with van der Waals surface area (Å²) in [6, 6.07) is 0. The molecule has 0 spiro atoms. The van der Waals surface area contributed by atoms with Gasteiger partial charge in [0.2, 0.25) is 0 Å². The summed E-state index contributed by atoms with van der Waals surface area (Å²) in [4.78, 5) is 36.6. The zero-order valence-electron chi connectivity index (χ0n) is 19.1. The minimum Gasteiger partial charge on any atom is -0.468 e. The number of carbonyl (C=O) groups is 3. The summed E-state index contributed by atoms with van der Waals surface area (Å²) in [5, 5.41) is 23.0. The first-order valence-electron chi connectivity index (χ1n) is 11.6. The molecule has 4 rings (SSSR count). The molecule has 7 nitrogen and oxygen atoms in total. The van der Waals surface area contributed by atoms with E-state index >= 15 is 0 Å². The molecule has 0 amide bonds. The van der Waals surface area contributed by atoms with Crippen LogP contribution in [0.3, 0.4) is 0 Å². The van der Waals surface area contributed by atoms with E-state index in [1.54, 1.807) is 6.08 Å². The highest BCUT2D eigenvalue weighted by Gasteiger charge is 2.68. The Bertz CT molecular complexity index is 897. The molecular formula is C24H34O7S. The predicted octanol–water partition coefficient (Wildman–Crippen LogP) is 1.71. The summed E-state index contributed by atoms with van der Waals surface area (Å²) >= 11 is 0. The van der Waals surface area contributed by atoms with Gasteiger partial charge in [-0.25, -0.2) is 0 Å². The molecule has 178 valence electrons. The van der Waals surface area contributed by atoms with Crippen LogP contribution < -0.4 is 0 Å². The van der Waals surface area contributed by atoms with E-state index in [0.29, 0.717) is 19.3 Å². The molecule has 32 heavy (non-hydrogen) atoms. The van der Waals surface area contributed by atoms with Gasteiger partial charge < -0.3 is 14.9 Å². The highest BCUT2D eigenvalue weighted by atomic mass is 32.2. The Morgan fingerprint density at radius 3 is 2.59 bits per heavy atom. The number of carbonyl (C=O) groups excluding carboxylic acids is 3. The van der Waals surface area contributed by atoms with Crippen LogP contribution in [-0.4, -0.2) is 62.3 Å². The summed E-state index contributed by atoms with van der Waals surface area (Å²) in [5.74, 6) is -1.56. The molecule has 0 aliphatic heterocycles. The van der Waals surface area contributed by atoms with E-state index in [1.807, 2.05) is 6.92 Å². The molecular weight excluding hydrogens is 432 g/mol. The van der Waals surface area contributed by atoms with Crippen molar-refractivity contribution < 1.29 is 33.5 Å². The van der Waals surface area contributed by atoms with Gasteiger partial charge >= 0.3 is 5.97 Å². The second kappa shape index (κ2) is 8.13. The van der Waals surface area contributed by atoms with Crippen molar-refractivity contribution in [3.63, 3.8) is 0 Å². The van der Waals surface area contributed by atoms with Gasteiger partial charge in [0.05, 0.1) is 19.0 Å². The van der Waals surface area contributed by atoms with Crippen molar-refractivity contribution in [3.8, 4) is 0 Å². The molecule has 3 fully saturated rings. The largest absolute Gasteiger partial charge is 0.468 e. The number of methoxy groups -OCH3 is 1. The lowest BCUT2D eigenvalue weighted by Crippen LogP contribution is -2.62. The number of hydrogen-bond donors (Lipinski definition) is 2. The number of rotatable bonds is 5. The first-order valence-corrected chi connectivity index (χ1v) is 13.0.